The largest absolute Gasteiger partial charge is 0.336 e. The van der Waals surface area contributed by atoms with Gasteiger partial charge < -0.3 is 4.90 Å². The van der Waals surface area contributed by atoms with Gasteiger partial charge in [-0.15, -0.1) is 11.3 Å². The molecule has 0 aliphatic carbocycles. The lowest BCUT2D eigenvalue weighted by Crippen LogP contribution is -2.27. The molecule has 1 amide bonds. The molecular weight excluding hydrogens is 420 g/mol. The van der Waals surface area contributed by atoms with Crippen LogP contribution < -0.4 is 0 Å². The minimum atomic E-state index is -0.0630. The summed E-state index contributed by atoms with van der Waals surface area (Å²) in [7, 11) is 3.70. The third-order valence-corrected chi connectivity index (χ3v) is 6.64. The number of thiazole rings is 1. The van der Waals surface area contributed by atoms with E-state index in [1.54, 1.807) is 20.9 Å². The minimum absolute atomic E-state index is 0.0630. The standard InChI is InChI=1S/C24H24N6OS/c1-14-12-30-20(15(2)25-24(30)32-14)13-28(4)23(31)18-11-19(17-9-7-6-8-10-17)26-22-21(18)16(3)27-29(22)5/h6-12H,13H2,1-5H3. The normalized spacial score (nSPS) is 11.5. The Morgan fingerprint density at radius 2 is 1.84 bits per heavy atom. The van der Waals surface area contributed by atoms with E-state index in [1.165, 1.54) is 4.88 Å². The maximum absolute atomic E-state index is 13.7. The summed E-state index contributed by atoms with van der Waals surface area (Å²) < 4.78 is 3.83. The molecule has 0 spiro atoms. The highest BCUT2D eigenvalue weighted by atomic mass is 32.1. The van der Waals surface area contributed by atoms with Crippen molar-refractivity contribution in [1.82, 2.24) is 29.0 Å². The van der Waals surface area contributed by atoms with Crippen LogP contribution in [0.5, 0.6) is 0 Å². The van der Waals surface area contributed by atoms with Crippen LogP contribution in [0.3, 0.4) is 0 Å². The molecule has 0 N–H and O–H groups in total. The molecule has 0 unspecified atom stereocenters. The summed E-state index contributed by atoms with van der Waals surface area (Å²) in [5, 5.41) is 5.33. The highest BCUT2D eigenvalue weighted by Gasteiger charge is 2.23. The van der Waals surface area contributed by atoms with Crippen molar-refractivity contribution in [1.29, 1.82) is 0 Å². The van der Waals surface area contributed by atoms with Gasteiger partial charge in [-0.05, 0) is 26.8 Å². The zero-order chi connectivity index (χ0) is 22.6. The second-order valence-corrected chi connectivity index (χ2v) is 9.34. The van der Waals surface area contributed by atoms with Crippen molar-refractivity contribution in [3.8, 4) is 11.3 Å². The first-order chi connectivity index (χ1) is 15.3. The van der Waals surface area contributed by atoms with Gasteiger partial charge in [0.1, 0.15) is 0 Å². The quantitative estimate of drug-likeness (QED) is 0.408. The highest BCUT2D eigenvalue weighted by molar-refractivity contribution is 7.17. The van der Waals surface area contributed by atoms with Gasteiger partial charge in [-0.25, -0.2) is 9.97 Å². The summed E-state index contributed by atoms with van der Waals surface area (Å²) in [5.74, 6) is -0.0630. The van der Waals surface area contributed by atoms with Crippen LogP contribution >= 0.6 is 11.3 Å². The summed E-state index contributed by atoms with van der Waals surface area (Å²) >= 11 is 1.65. The van der Waals surface area contributed by atoms with E-state index in [0.29, 0.717) is 17.8 Å². The van der Waals surface area contributed by atoms with E-state index < -0.39 is 0 Å². The lowest BCUT2D eigenvalue weighted by molar-refractivity contribution is 0.0785. The van der Waals surface area contributed by atoms with Crippen molar-refractivity contribution in [3.05, 3.63) is 70.1 Å². The fraction of sp³-hybridized carbons (Fsp3) is 0.250. The van der Waals surface area contributed by atoms with Crippen LogP contribution in [0.15, 0.2) is 42.6 Å². The highest BCUT2D eigenvalue weighted by Crippen LogP contribution is 2.28. The first kappa shape index (κ1) is 20.4. The van der Waals surface area contributed by atoms with E-state index in [4.69, 9.17) is 4.98 Å². The number of imidazole rings is 1. The molecule has 8 heteroatoms. The molecule has 0 aliphatic heterocycles. The van der Waals surface area contributed by atoms with E-state index in [0.717, 1.165) is 38.7 Å². The topological polar surface area (TPSA) is 68.3 Å². The number of amides is 1. The number of nitrogens with zero attached hydrogens (tertiary/aromatic N) is 6. The van der Waals surface area contributed by atoms with Crippen molar-refractivity contribution >= 4 is 33.2 Å². The van der Waals surface area contributed by atoms with E-state index in [-0.39, 0.29) is 5.91 Å². The fourth-order valence-electron chi connectivity index (χ4n) is 4.17. The molecule has 0 bridgehead atoms. The monoisotopic (exact) mass is 444 g/mol. The molecule has 0 fully saturated rings. The number of hydrogen-bond donors (Lipinski definition) is 0. The number of rotatable bonds is 4. The fourth-order valence-corrected chi connectivity index (χ4v) is 5.06. The molecule has 4 heterocycles. The lowest BCUT2D eigenvalue weighted by Gasteiger charge is -2.18. The number of aromatic nitrogens is 5. The van der Waals surface area contributed by atoms with E-state index in [9.17, 15) is 4.79 Å². The third kappa shape index (κ3) is 3.27. The second kappa shape index (κ2) is 7.56. The van der Waals surface area contributed by atoms with Gasteiger partial charge in [-0.3, -0.25) is 13.9 Å². The molecule has 0 radical (unpaired) electrons. The van der Waals surface area contributed by atoms with Crippen molar-refractivity contribution < 1.29 is 4.79 Å². The summed E-state index contributed by atoms with van der Waals surface area (Å²) in [5.41, 5.74) is 5.80. The molecule has 5 rings (SSSR count). The van der Waals surface area contributed by atoms with Gasteiger partial charge in [0.05, 0.1) is 40.3 Å². The lowest BCUT2D eigenvalue weighted by atomic mass is 10.0. The SMILES string of the molecule is Cc1cn2c(CN(C)C(=O)c3cc(-c4ccccc4)nc4c3c(C)nn4C)c(C)nc2s1. The molecule has 5 aromatic rings. The first-order valence-corrected chi connectivity index (χ1v) is 11.2. The van der Waals surface area contributed by atoms with Gasteiger partial charge in [-0.2, -0.15) is 5.10 Å². The van der Waals surface area contributed by atoms with Gasteiger partial charge in [0.15, 0.2) is 10.6 Å². The minimum Gasteiger partial charge on any atom is -0.336 e. The zero-order valence-electron chi connectivity index (χ0n) is 18.7. The number of aryl methyl sites for hydroxylation is 4. The molecule has 0 saturated carbocycles. The third-order valence-electron chi connectivity index (χ3n) is 5.74. The molecule has 0 saturated heterocycles. The Balaban J connectivity index is 1.59. The Kier molecular flexibility index (Phi) is 4.82. The number of hydrogen-bond acceptors (Lipinski definition) is 5. The molecule has 32 heavy (non-hydrogen) atoms. The van der Waals surface area contributed by atoms with E-state index in [1.807, 2.05) is 64.3 Å². The maximum Gasteiger partial charge on any atom is 0.254 e. The Bertz CT molecular complexity index is 1480. The molecule has 1 aromatic carbocycles. The molecule has 4 aromatic heterocycles. The first-order valence-electron chi connectivity index (χ1n) is 10.4. The number of benzene rings is 1. The molecule has 0 atom stereocenters. The summed E-state index contributed by atoms with van der Waals surface area (Å²) in [6, 6.07) is 11.8. The molecule has 162 valence electrons. The number of pyridine rings is 1. The van der Waals surface area contributed by atoms with Crippen molar-refractivity contribution in [3.63, 3.8) is 0 Å². The maximum atomic E-state index is 13.7. The van der Waals surface area contributed by atoms with Gasteiger partial charge in [0.2, 0.25) is 0 Å². The van der Waals surface area contributed by atoms with Gasteiger partial charge in [-0.1, -0.05) is 30.3 Å². The van der Waals surface area contributed by atoms with Crippen molar-refractivity contribution in [2.24, 2.45) is 7.05 Å². The Morgan fingerprint density at radius 1 is 1.09 bits per heavy atom. The second-order valence-electron chi connectivity index (χ2n) is 8.13. The smallest absolute Gasteiger partial charge is 0.254 e. The zero-order valence-corrected chi connectivity index (χ0v) is 19.6. The van der Waals surface area contributed by atoms with Gasteiger partial charge in [0.25, 0.3) is 5.91 Å². The van der Waals surface area contributed by atoms with E-state index >= 15 is 0 Å². The average Bonchev–Trinajstić information content (AvgIpc) is 3.38. The van der Waals surface area contributed by atoms with Crippen LogP contribution in [-0.4, -0.2) is 42.0 Å². The Labute approximate surface area is 190 Å². The number of carbonyl (C=O) groups excluding carboxylic acids is 1. The van der Waals surface area contributed by atoms with Gasteiger partial charge in [0, 0.05) is 30.7 Å². The molecule has 0 aliphatic rings. The molecular formula is C24H24N6OS. The van der Waals surface area contributed by atoms with Crippen molar-refractivity contribution in [2.75, 3.05) is 7.05 Å². The number of fused-ring (bicyclic) bond motifs is 2. The van der Waals surface area contributed by atoms with Crippen LogP contribution in [0, 0.1) is 20.8 Å². The predicted octanol–water partition coefficient (Wildman–Crippen LogP) is 4.54. The summed E-state index contributed by atoms with van der Waals surface area (Å²) in [6.45, 7) is 6.44. The van der Waals surface area contributed by atoms with Crippen LogP contribution in [0.4, 0.5) is 0 Å². The summed E-state index contributed by atoms with van der Waals surface area (Å²) in [6.07, 6.45) is 2.08. The van der Waals surface area contributed by atoms with Crippen molar-refractivity contribution in [2.45, 2.75) is 27.3 Å². The van der Waals surface area contributed by atoms with Crippen LogP contribution in [-0.2, 0) is 13.6 Å². The van der Waals surface area contributed by atoms with Crippen LogP contribution in [0.25, 0.3) is 27.3 Å². The average molecular weight is 445 g/mol. The van der Waals surface area contributed by atoms with E-state index in [2.05, 4.69) is 27.6 Å². The van der Waals surface area contributed by atoms with Crippen LogP contribution in [0.1, 0.15) is 32.3 Å². The van der Waals surface area contributed by atoms with Crippen LogP contribution in [0.2, 0.25) is 0 Å². The van der Waals surface area contributed by atoms with Gasteiger partial charge >= 0.3 is 0 Å². The summed E-state index contributed by atoms with van der Waals surface area (Å²) in [4.78, 5) is 27.1. The Morgan fingerprint density at radius 3 is 2.59 bits per heavy atom. The Hall–Kier alpha value is -3.52. The predicted molar refractivity (Wildman–Crippen MR) is 127 cm³/mol. The molecule has 7 nitrogen and oxygen atoms in total. The number of carbonyl (C=O) groups is 1.